The van der Waals surface area contributed by atoms with Gasteiger partial charge in [0.1, 0.15) is 0 Å². The molecule has 0 saturated carbocycles. The molecule has 1 rings (SSSR count). The van der Waals surface area contributed by atoms with Gasteiger partial charge in [-0.3, -0.25) is 9.59 Å². The van der Waals surface area contributed by atoms with Crippen LogP contribution in [0.4, 0.5) is 0 Å². The van der Waals surface area contributed by atoms with Crippen molar-refractivity contribution in [3.05, 3.63) is 20.2 Å². The van der Waals surface area contributed by atoms with E-state index in [0.29, 0.717) is 8.06 Å². The lowest BCUT2D eigenvalue weighted by molar-refractivity contribution is -0.114. The van der Waals surface area contributed by atoms with Gasteiger partial charge in [-0.25, -0.2) is 0 Å². The van der Waals surface area contributed by atoms with Crippen LogP contribution in [-0.4, -0.2) is 11.6 Å². The average molecular weight is 313 g/mol. The third-order valence-electron chi connectivity index (χ3n) is 0.972. The summed E-state index contributed by atoms with van der Waals surface area (Å²) in [5, 5.41) is 0. The number of Topliss-reactive ketones (excluding diaryl/α,β-unsaturated/α-hetero) is 1. The number of carbonyl (C=O) groups is 2. The normalized spacial score (nSPS) is 18.6. The van der Waals surface area contributed by atoms with Crippen LogP contribution in [-0.2, 0) is 9.59 Å². The first-order valence-corrected chi connectivity index (χ1v) is 4.31. The van der Waals surface area contributed by atoms with Crippen molar-refractivity contribution in [1.82, 2.24) is 0 Å². The van der Waals surface area contributed by atoms with E-state index in [-0.39, 0.29) is 11.6 Å². The maximum absolute atomic E-state index is 10.9. The SMILES string of the molecule is O=C1C=C(Br)C(=O)C(I)=C1. The molecule has 0 N–H and O–H groups in total. The predicted octanol–water partition coefficient (Wildman–Crippen LogP) is 1.74. The number of allylic oxidation sites excluding steroid dienone is 4. The van der Waals surface area contributed by atoms with Crippen LogP contribution in [0.15, 0.2) is 20.2 Å². The van der Waals surface area contributed by atoms with Crippen molar-refractivity contribution in [2.75, 3.05) is 0 Å². The number of hydrogen-bond acceptors (Lipinski definition) is 2. The third-order valence-corrected chi connectivity index (χ3v) is 2.36. The smallest absolute Gasteiger partial charge is 0.206 e. The van der Waals surface area contributed by atoms with Crippen molar-refractivity contribution in [2.45, 2.75) is 0 Å². The van der Waals surface area contributed by atoms with Gasteiger partial charge in [0.2, 0.25) is 5.78 Å². The highest BCUT2D eigenvalue weighted by Gasteiger charge is 2.16. The monoisotopic (exact) mass is 312 g/mol. The van der Waals surface area contributed by atoms with Gasteiger partial charge in [0, 0.05) is 12.2 Å². The minimum atomic E-state index is -0.143. The molecule has 10 heavy (non-hydrogen) atoms. The van der Waals surface area contributed by atoms with E-state index in [1.165, 1.54) is 12.2 Å². The van der Waals surface area contributed by atoms with Gasteiger partial charge in [-0.15, -0.1) is 0 Å². The summed E-state index contributed by atoms with van der Waals surface area (Å²) in [6.07, 6.45) is 2.58. The van der Waals surface area contributed by atoms with Gasteiger partial charge in [0.15, 0.2) is 5.78 Å². The summed E-state index contributed by atoms with van der Waals surface area (Å²) in [6.45, 7) is 0. The molecule has 0 fully saturated rings. The largest absolute Gasteiger partial charge is 0.290 e. The van der Waals surface area contributed by atoms with E-state index in [1.54, 1.807) is 0 Å². The first-order valence-electron chi connectivity index (χ1n) is 2.44. The summed E-state index contributed by atoms with van der Waals surface area (Å²) in [6, 6.07) is 0. The van der Waals surface area contributed by atoms with Gasteiger partial charge < -0.3 is 0 Å². The highest BCUT2D eigenvalue weighted by Crippen LogP contribution is 2.21. The van der Waals surface area contributed by atoms with E-state index < -0.39 is 0 Å². The summed E-state index contributed by atoms with van der Waals surface area (Å²) in [5.74, 6) is -0.268. The van der Waals surface area contributed by atoms with Crippen LogP contribution >= 0.6 is 38.5 Å². The quantitative estimate of drug-likeness (QED) is 0.504. The van der Waals surface area contributed by atoms with E-state index >= 15 is 0 Å². The molecule has 0 aromatic heterocycles. The first kappa shape index (κ1) is 8.13. The number of ketones is 2. The highest BCUT2D eigenvalue weighted by molar-refractivity contribution is 14.1. The van der Waals surface area contributed by atoms with Crippen molar-refractivity contribution < 1.29 is 9.59 Å². The molecule has 2 nitrogen and oxygen atoms in total. The van der Waals surface area contributed by atoms with E-state index in [4.69, 9.17) is 0 Å². The van der Waals surface area contributed by atoms with Crippen LogP contribution in [0.1, 0.15) is 0 Å². The second-order valence-corrected chi connectivity index (χ2v) is 3.73. The molecule has 0 atom stereocenters. The van der Waals surface area contributed by atoms with E-state index in [0.717, 1.165) is 0 Å². The second-order valence-electron chi connectivity index (χ2n) is 1.72. The van der Waals surface area contributed by atoms with Crippen molar-refractivity contribution in [1.29, 1.82) is 0 Å². The molecule has 0 aromatic rings. The van der Waals surface area contributed by atoms with Crippen molar-refractivity contribution in [2.24, 2.45) is 0 Å². The fraction of sp³-hybridized carbons (Fsp3) is 0. The molecule has 0 saturated heterocycles. The molecular weight excluding hydrogens is 311 g/mol. The molecule has 4 heteroatoms. The van der Waals surface area contributed by atoms with Crippen LogP contribution in [0.5, 0.6) is 0 Å². The van der Waals surface area contributed by atoms with E-state index in [2.05, 4.69) is 15.9 Å². The Morgan fingerprint density at radius 2 is 1.90 bits per heavy atom. The molecule has 0 spiro atoms. The zero-order valence-corrected chi connectivity index (χ0v) is 8.47. The lowest BCUT2D eigenvalue weighted by atomic mass is 10.2. The summed E-state index contributed by atoms with van der Waals surface area (Å²) in [7, 11) is 0. The first-order chi connectivity index (χ1) is 4.61. The van der Waals surface area contributed by atoms with Crippen LogP contribution in [0.25, 0.3) is 0 Å². The fourth-order valence-electron chi connectivity index (χ4n) is 0.537. The maximum Gasteiger partial charge on any atom is 0.206 e. The van der Waals surface area contributed by atoms with Crippen LogP contribution in [0, 0.1) is 0 Å². The zero-order chi connectivity index (χ0) is 7.72. The van der Waals surface area contributed by atoms with Crippen LogP contribution in [0.3, 0.4) is 0 Å². The summed E-state index contributed by atoms with van der Waals surface area (Å²) in [4.78, 5) is 21.6. The van der Waals surface area contributed by atoms with Crippen molar-refractivity contribution in [3.8, 4) is 0 Å². The molecule has 0 unspecified atom stereocenters. The molecule has 0 heterocycles. The molecule has 0 aliphatic heterocycles. The standard InChI is InChI=1S/C6H2BrIO2/c7-4-1-3(9)2-5(8)6(4)10/h1-2H. The second kappa shape index (κ2) is 2.96. The lowest BCUT2D eigenvalue weighted by Gasteiger charge is -2.01. The third kappa shape index (κ3) is 1.54. The van der Waals surface area contributed by atoms with E-state index in [9.17, 15) is 9.59 Å². The van der Waals surface area contributed by atoms with Gasteiger partial charge in [-0.1, -0.05) is 0 Å². The molecule has 0 radical (unpaired) electrons. The van der Waals surface area contributed by atoms with Crippen LogP contribution in [0.2, 0.25) is 0 Å². The Morgan fingerprint density at radius 3 is 2.40 bits per heavy atom. The Kier molecular flexibility index (Phi) is 2.40. The van der Waals surface area contributed by atoms with Gasteiger partial charge in [-0.2, -0.15) is 0 Å². The molecule has 52 valence electrons. The van der Waals surface area contributed by atoms with Gasteiger partial charge in [-0.05, 0) is 38.5 Å². The summed E-state index contributed by atoms with van der Waals surface area (Å²) in [5.41, 5.74) is 0. The molecule has 0 amide bonds. The molecule has 1 aliphatic rings. The zero-order valence-electron chi connectivity index (χ0n) is 4.73. The van der Waals surface area contributed by atoms with Crippen molar-refractivity contribution in [3.63, 3.8) is 0 Å². The minimum absolute atomic E-state index is 0.125. The summed E-state index contributed by atoms with van der Waals surface area (Å²) >= 11 is 4.81. The van der Waals surface area contributed by atoms with Gasteiger partial charge in [0.25, 0.3) is 0 Å². The Morgan fingerprint density at radius 1 is 1.30 bits per heavy atom. The fourth-order valence-corrected chi connectivity index (χ4v) is 1.94. The highest BCUT2D eigenvalue weighted by atomic mass is 127. The number of halogens is 2. The Bertz CT molecular complexity index is 241. The molecule has 0 aromatic carbocycles. The predicted molar refractivity (Wildman–Crippen MR) is 49.1 cm³/mol. The molecular formula is C6H2BrIO2. The van der Waals surface area contributed by atoms with Crippen LogP contribution < -0.4 is 0 Å². The Balaban J connectivity index is 3.05. The van der Waals surface area contributed by atoms with Gasteiger partial charge >= 0.3 is 0 Å². The Hall–Kier alpha value is 0.0300. The minimum Gasteiger partial charge on any atom is -0.290 e. The lowest BCUT2D eigenvalue weighted by Crippen LogP contribution is -2.06. The summed E-state index contributed by atoms with van der Waals surface area (Å²) < 4.78 is 0.793. The van der Waals surface area contributed by atoms with Crippen molar-refractivity contribution >= 4 is 50.1 Å². The Labute approximate surface area is 79.6 Å². The number of rotatable bonds is 0. The molecule has 1 aliphatic carbocycles. The van der Waals surface area contributed by atoms with Gasteiger partial charge in [0.05, 0.1) is 8.06 Å². The van der Waals surface area contributed by atoms with E-state index in [1.807, 2.05) is 22.6 Å². The number of hydrogen-bond donors (Lipinski definition) is 0. The number of carbonyl (C=O) groups excluding carboxylic acids is 2. The average Bonchev–Trinajstić information content (AvgIpc) is 1.82. The maximum atomic E-state index is 10.9. The molecule has 0 bridgehead atoms. The topological polar surface area (TPSA) is 34.1 Å².